The van der Waals surface area contributed by atoms with E-state index in [0.717, 1.165) is 5.69 Å². The average molecular weight is 349 g/mol. The standard InChI is InChI=1S/C15H19N5O3S/c1-11-14-18-13(10-19(14)7-8-20(11)24(2,22)23)15(21)17-9-12-5-3-4-6-16-12/h3-6,10-11H,7-9H2,1-2H3,(H,17,21)/t11-/m1/s1. The van der Waals surface area contributed by atoms with Gasteiger partial charge in [0.25, 0.3) is 5.91 Å². The Morgan fingerprint density at radius 1 is 1.38 bits per heavy atom. The minimum Gasteiger partial charge on any atom is -0.345 e. The number of carbonyl (C=O) groups excluding carboxylic acids is 1. The van der Waals surface area contributed by atoms with Crippen LogP contribution >= 0.6 is 0 Å². The maximum Gasteiger partial charge on any atom is 0.271 e. The quantitative estimate of drug-likeness (QED) is 0.869. The smallest absolute Gasteiger partial charge is 0.271 e. The molecule has 2 aromatic heterocycles. The van der Waals surface area contributed by atoms with Gasteiger partial charge in [0, 0.05) is 25.5 Å². The van der Waals surface area contributed by atoms with E-state index in [2.05, 4.69) is 15.3 Å². The maximum absolute atomic E-state index is 12.3. The summed E-state index contributed by atoms with van der Waals surface area (Å²) in [7, 11) is -3.30. The summed E-state index contributed by atoms with van der Waals surface area (Å²) in [6.45, 7) is 2.94. The Bertz CT molecular complexity index is 847. The first kappa shape index (κ1) is 16.6. The van der Waals surface area contributed by atoms with Crippen molar-refractivity contribution in [2.45, 2.75) is 26.1 Å². The van der Waals surface area contributed by atoms with Crippen LogP contribution in [0, 0.1) is 0 Å². The van der Waals surface area contributed by atoms with Gasteiger partial charge >= 0.3 is 0 Å². The second-order valence-corrected chi connectivity index (χ2v) is 7.67. The van der Waals surface area contributed by atoms with Crippen LogP contribution in [0.15, 0.2) is 30.6 Å². The maximum atomic E-state index is 12.3. The number of amides is 1. The molecule has 0 radical (unpaired) electrons. The highest BCUT2D eigenvalue weighted by Gasteiger charge is 2.32. The summed E-state index contributed by atoms with van der Waals surface area (Å²) in [5.74, 6) is 0.273. The van der Waals surface area contributed by atoms with Crippen molar-refractivity contribution in [1.29, 1.82) is 0 Å². The second kappa shape index (κ2) is 6.33. The molecule has 1 aliphatic rings. The Hall–Kier alpha value is -2.26. The van der Waals surface area contributed by atoms with Crippen LogP contribution in [0.3, 0.4) is 0 Å². The highest BCUT2D eigenvalue weighted by Crippen LogP contribution is 2.26. The number of aromatic nitrogens is 3. The molecule has 8 nitrogen and oxygen atoms in total. The SMILES string of the molecule is C[C@@H]1c2nc(C(=O)NCc3ccccn3)cn2CCN1S(C)(=O)=O. The van der Waals surface area contributed by atoms with Gasteiger partial charge in [0.05, 0.1) is 24.5 Å². The summed E-state index contributed by atoms with van der Waals surface area (Å²) in [6.07, 6.45) is 4.51. The van der Waals surface area contributed by atoms with Crippen molar-refractivity contribution in [3.8, 4) is 0 Å². The van der Waals surface area contributed by atoms with Crippen molar-refractivity contribution in [3.63, 3.8) is 0 Å². The van der Waals surface area contributed by atoms with E-state index in [9.17, 15) is 13.2 Å². The third kappa shape index (κ3) is 3.31. The highest BCUT2D eigenvalue weighted by molar-refractivity contribution is 7.88. The summed E-state index contributed by atoms with van der Waals surface area (Å²) >= 11 is 0. The predicted octanol–water partition coefficient (Wildman–Crippen LogP) is 0.544. The topological polar surface area (TPSA) is 97.2 Å². The molecule has 2 aromatic rings. The van der Waals surface area contributed by atoms with Gasteiger partial charge in [-0.25, -0.2) is 13.4 Å². The van der Waals surface area contributed by atoms with Crippen LogP contribution in [0.25, 0.3) is 0 Å². The Balaban J connectivity index is 1.74. The van der Waals surface area contributed by atoms with E-state index < -0.39 is 16.1 Å². The fourth-order valence-corrected chi connectivity index (χ4v) is 3.88. The molecule has 3 rings (SSSR count). The molecule has 0 saturated carbocycles. The molecule has 0 unspecified atom stereocenters. The summed E-state index contributed by atoms with van der Waals surface area (Å²) in [5, 5.41) is 2.77. The zero-order valence-corrected chi connectivity index (χ0v) is 14.3. The predicted molar refractivity (Wildman–Crippen MR) is 87.6 cm³/mol. The van der Waals surface area contributed by atoms with Gasteiger partial charge in [-0.3, -0.25) is 9.78 Å². The van der Waals surface area contributed by atoms with Gasteiger partial charge in [0.2, 0.25) is 10.0 Å². The normalized spacial score (nSPS) is 18.2. The molecule has 0 aliphatic carbocycles. The number of nitrogens with zero attached hydrogens (tertiary/aromatic N) is 4. The molecule has 0 bridgehead atoms. The lowest BCUT2D eigenvalue weighted by Crippen LogP contribution is -2.40. The van der Waals surface area contributed by atoms with Crippen LogP contribution in [0.2, 0.25) is 0 Å². The Kier molecular flexibility index (Phi) is 4.37. The van der Waals surface area contributed by atoms with Crippen molar-refractivity contribution < 1.29 is 13.2 Å². The van der Waals surface area contributed by atoms with Gasteiger partial charge in [0.15, 0.2) is 0 Å². The molecule has 0 aromatic carbocycles. The van der Waals surface area contributed by atoms with Crippen molar-refractivity contribution in [2.75, 3.05) is 12.8 Å². The van der Waals surface area contributed by atoms with Crippen LogP contribution in [0.5, 0.6) is 0 Å². The van der Waals surface area contributed by atoms with Crippen molar-refractivity contribution in [3.05, 3.63) is 47.8 Å². The zero-order valence-electron chi connectivity index (χ0n) is 13.5. The van der Waals surface area contributed by atoms with Crippen molar-refractivity contribution in [2.24, 2.45) is 0 Å². The number of rotatable bonds is 4. The Morgan fingerprint density at radius 3 is 2.83 bits per heavy atom. The molecule has 1 amide bonds. The lowest BCUT2D eigenvalue weighted by Gasteiger charge is -2.31. The van der Waals surface area contributed by atoms with E-state index in [1.54, 1.807) is 19.3 Å². The van der Waals surface area contributed by atoms with E-state index in [4.69, 9.17) is 0 Å². The van der Waals surface area contributed by atoms with Gasteiger partial charge in [-0.05, 0) is 19.1 Å². The first-order valence-electron chi connectivity index (χ1n) is 7.58. The first-order chi connectivity index (χ1) is 11.4. The molecule has 3 heterocycles. The third-order valence-corrected chi connectivity index (χ3v) is 5.34. The number of hydrogen-bond acceptors (Lipinski definition) is 5. The molecule has 0 fully saturated rings. The molecule has 0 spiro atoms. The minimum atomic E-state index is -3.30. The monoisotopic (exact) mass is 349 g/mol. The molecule has 24 heavy (non-hydrogen) atoms. The van der Waals surface area contributed by atoms with Crippen LogP contribution in [0.4, 0.5) is 0 Å². The summed E-state index contributed by atoms with van der Waals surface area (Å²) in [4.78, 5) is 20.8. The van der Waals surface area contributed by atoms with Gasteiger partial charge in [-0.15, -0.1) is 0 Å². The summed E-state index contributed by atoms with van der Waals surface area (Å²) < 4.78 is 26.8. The van der Waals surface area contributed by atoms with E-state index in [1.165, 1.54) is 10.6 Å². The second-order valence-electron chi connectivity index (χ2n) is 5.73. The van der Waals surface area contributed by atoms with Crippen LogP contribution < -0.4 is 5.32 Å². The number of sulfonamides is 1. The number of hydrogen-bond donors (Lipinski definition) is 1. The van der Waals surface area contributed by atoms with Crippen molar-refractivity contribution >= 4 is 15.9 Å². The number of nitrogens with one attached hydrogen (secondary N) is 1. The van der Waals surface area contributed by atoms with Gasteiger partial charge in [0.1, 0.15) is 11.5 Å². The summed E-state index contributed by atoms with van der Waals surface area (Å²) in [5.41, 5.74) is 1.04. The molecule has 1 atom stereocenters. The lowest BCUT2D eigenvalue weighted by molar-refractivity contribution is 0.0945. The number of imidazole rings is 1. The van der Waals surface area contributed by atoms with Crippen LogP contribution in [0.1, 0.15) is 35.0 Å². The van der Waals surface area contributed by atoms with Crippen LogP contribution in [-0.4, -0.2) is 46.0 Å². The zero-order chi connectivity index (χ0) is 17.3. The highest BCUT2D eigenvalue weighted by atomic mass is 32.2. The van der Waals surface area contributed by atoms with Gasteiger partial charge < -0.3 is 9.88 Å². The Labute approximate surface area is 140 Å². The molecule has 128 valence electrons. The molecule has 1 N–H and O–H groups in total. The van der Waals surface area contributed by atoms with Gasteiger partial charge in [-0.2, -0.15) is 4.31 Å². The minimum absolute atomic E-state index is 0.281. The van der Waals surface area contributed by atoms with Gasteiger partial charge in [-0.1, -0.05) is 6.07 Å². The fourth-order valence-electron chi connectivity index (χ4n) is 2.80. The molecule has 9 heteroatoms. The average Bonchev–Trinajstić information content (AvgIpc) is 2.98. The number of fused-ring (bicyclic) bond motifs is 1. The largest absolute Gasteiger partial charge is 0.345 e. The van der Waals surface area contributed by atoms with E-state index in [1.807, 2.05) is 22.8 Å². The molecular weight excluding hydrogens is 330 g/mol. The number of carbonyl (C=O) groups is 1. The first-order valence-corrected chi connectivity index (χ1v) is 9.43. The van der Waals surface area contributed by atoms with E-state index in [0.29, 0.717) is 25.5 Å². The molecular formula is C15H19N5O3S. The van der Waals surface area contributed by atoms with Crippen LogP contribution in [-0.2, 0) is 23.1 Å². The van der Waals surface area contributed by atoms with E-state index >= 15 is 0 Å². The fraction of sp³-hybridized carbons (Fsp3) is 0.400. The Morgan fingerprint density at radius 2 is 2.17 bits per heavy atom. The number of pyridine rings is 1. The van der Waals surface area contributed by atoms with E-state index in [-0.39, 0.29) is 11.6 Å². The lowest BCUT2D eigenvalue weighted by atomic mass is 10.2. The van der Waals surface area contributed by atoms with Crippen molar-refractivity contribution in [1.82, 2.24) is 24.2 Å². The molecule has 0 saturated heterocycles. The summed E-state index contributed by atoms with van der Waals surface area (Å²) in [6, 6.07) is 5.09. The molecule has 1 aliphatic heterocycles. The third-order valence-electron chi connectivity index (χ3n) is 3.99.